The van der Waals surface area contributed by atoms with E-state index in [0.29, 0.717) is 24.7 Å². The van der Waals surface area contributed by atoms with Crippen LogP contribution in [0.25, 0.3) is 22.4 Å². The molecule has 0 amide bonds. The minimum Gasteiger partial charge on any atom is -0.493 e. The van der Waals surface area contributed by atoms with Gasteiger partial charge in [0, 0.05) is 10.6 Å². The number of benzene rings is 3. The molecule has 5 nitrogen and oxygen atoms in total. The molecule has 0 spiro atoms. The highest BCUT2D eigenvalue weighted by Gasteiger charge is 2.15. The Labute approximate surface area is 187 Å². The molecule has 6 heteroatoms. The molecule has 4 aromatic rings. The molecule has 0 saturated carbocycles. The van der Waals surface area contributed by atoms with Gasteiger partial charge in [0.2, 0.25) is 0 Å². The lowest BCUT2D eigenvalue weighted by Gasteiger charge is -2.14. The Morgan fingerprint density at radius 2 is 1.61 bits per heavy atom. The second-order valence-corrected chi connectivity index (χ2v) is 7.74. The van der Waals surface area contributed by atoms with Crippen molar-refractivity contribution in [2.24, 2.45) is 0 Å². The van der Waals surface area contributed by atoms with Crippen LogP contribution in [-0.4, -0.2) is 30.4 Å². The van der Waals surface area contributed by atoms with E-state index in [1.807, 2.05) is 62.4 Å². The molecule has 31 heavy (non-hydrogen) atoms. The lowest BCUT2D eigenvalue weighted by atomic mass is 10.1. The van der Waals surface area contributed by atoms with Crippen LogP contribution in [0, 0.1) is 13.8 Å². The van der Waals surface area contributed by atoms with Gasteiger partial charge in [-0.1, -0.05) is 23.7 Å². The van der Waals surface area contributed by atoms with Gasteiger partial charge in [-0.2, -0.15) is 0 Å². The molecule has 0 bridgehead atoms. The first-order valence-electron chi connectivity index (χ1n) is 10.1. The highest BCUT2D eigenvalue weighted by molar-refractivity contribution is 6.32. The summed E-state index contributed by atoms with van der Waals surface area (Å²) in [7, 11) is 3.26. The standard InChI is InChI=1S/C25H25ClN2O3/c1-16-13-19(14-17(2)24(16)26)31-12-11-28-21-8-6-5-7-20(21)27-25(28)18-9-10-22(29-3)23(15-18)30-4/h5-10,13-15H,11-12H2,1-4H3. The summed E-state index contributed by atoms with van der Waals surface area (Å²) < 4.78 is 19.1. The van der Waals surface area contributed by atoms with Gasteiger partial charge in [-0.15, -0.1) is 0 Å². The summed E-state index contributed by atoms with van der Waals surface area (Å²) in [4.78, 5) is 4.87. The number of imidazole rings is 1. The molecule has 3 aromatic carbocycles. The fraction of sp³-hybridized carbons (Fsp3) is 0.240. The zero-order chi connectivity index (χ0) is 22.0. The van der Waals surface area contributed by atoms with Gasteiger partial charge in [-0.05, 0) is 67.4 Å². The van der Waals surface area contributed by atoms with Crippen LogP contribution < -0.4 is 14.2 Å². The van der Waals surface area contributed by atoms with Crippen LogP contribution in [0.3, 0.4) is 0 Å². The molecule has 0 aliphatic carbocycles. The second kappa shape index (κ2) is 8.90. The normalized spacial score (nSPS) is 11.0. The summed E-state index contributed by atoms with van der Waals surface area (Å²) in [5, 5.41) is 0.781. The van der Waals surface area contributed by atoms with Crippen molar-refractivity contribution in [3.8, 4) is 28.6 Å². The van der Waals surface area contributed by atoms with Crippen LogP contribution in [0.4, 0.5) is 0 Å². The van der Waals surface area contributed by atoms with Crippen molar-refractivity contribution in [3.05, 3.63) is 70.7 Å². The smallest absolute Gasteiger partial charge is 0.161 e. The van der Waals surface area contributed by atoms with Gasteiger partial charge in [0.05, 0.1) is 31.8 Å². The van der Waals surface area contributed by atoms with Crippen LogP contribution in [0.1, 0.15) is 11.1 Å². The summed E-state index contributed by atoms with van der Waals surface area (Å²) >= 11 is 6.28. The van der Waals surface area contributed by atoms with E-state index in [4.69, 9.17) is 30.8 Å². The van der Waals surface area contributed by atoms with Crippen molar-refractivity contribution in [1.29, 1.82) is 0 Å². The third-order valence-electron chi connectivity index (χ3n) is 5.29. The average Bonchev–Trinajstić information content (AvgIpc) is 3.15. The average molecular weight is 437 g/mol. The van der Waals surface area contributed by atoms with E-state index in [1.54, 1.807) is 14.2 Å². The number of halogens is 1. The van der Waals surface area contributed by atoms with E-state index < -0.39 is 0 Å². The highest BCUT2D eigenvalue weighted by Crippen LogP contribution is 2.33. The van der Waals surface area contributed by atoms with Crippen LogP contribution in [0.2, 0.25) is 5.02 Å². The van der Waals surface area contributed by atoms with E-state index >= 15 is 0 Å². The van der Waals surface area contributed by atoms with E-state index in [1.165, 1.54) is 0 Å². The molecule has 1 aromatic heterocycles. The van der Waals surface area contributed by atoms with Crippen LogP contribution in [-0.2, 0) is 6.54 Å². The Hall–Kier alpha value is -3.18. The number of para-hydroxylation sites is 2. The van der Waals surface area contributed by atoms with E-state index in [2.05, 4.69) is 10.6 Å². The summed E-state index contributed by atoms with van der Waals surface area (Å²) in [5.74, 6) is 3.03. The van der Waals surface area contributed by atoms with Crippen LogP contribution >= 0.6 is 11.6 Å². The number of ether oxygens (including phenoxy) is 3. The lowest BCUT2D eigenvalue weighted by Crippen LogP contribution is -2.10. The third-order valence-corrected chi connectivity index (χ3v) is 5.89. The van der Waals surface area contributed by atoms with Gasteiger partial charge >= 0.3 is 0 Å². The third kappa shape index (κ3) is 4.19. The van der Waals surface area contributed by atoms with Gasteiger partial charge in [0.1, 0.15) is 18.2 Å². The largest absolute Gasteiger partial charge is 0.493 e. The van der Waals surface area contributed by atoms with Crippen LogP contribution in [0.15, 0.2) is 54.6 Å². The first-order chi connectivity index (χ1) is 15.0. The Bertz CT molecular complexity index is 1210. The summed E-state index contributed by atoms with van der Waals surface area (Å²) in [6, 6.07) is 17.9. The summed E-state index contributed by atoms with van der Waals surface area (Å²) in [6.45, 7) is 5.12. The maximum absolute atomic E-state index is 6.28. The number of aromatic nitrogens is 2. The number of hydrogen-bond acceptors (Lipinski definition) is 4. The minimum absolute atomic E-state index is 0.501. The molecule has 160 valence electrons. The van der Waals surface area contributed by atoms with Crippen LogP contribution in [0.5, 0.6) is 17.2 Å². The topological polar surface area (TPSA) is 45.5 Å². The number of methoxy groups -OCH3 is 2. The van der Waals surface area contributed by atoms with Crippen molar-refractivity contribution in [1.82, 2.24) is 9.55 Å². The van der Waals surface area contributed by atoms with Gasteiger partial charge in [-0.3, -0.25) is 0 Å². The molecule has 1 heterocycles. The molecule has 0 fully saturated rings. The van der Waals surface area contributed by atoms with E-state index in [-0.39, 0.29) is 0 Å². The quantitative estimate of drug-likeness (QED) is 0.352. The number of rotatable bonds is 7. The van der Waals surface area contributed by atoms with Gasteiger partial charge in [-0.25, -0.2) is 4.98 Å². The molecule has 0 aliphatic heterocycles. The molecule has 0 aliphatic rings. The molecular weight excluding hydrogens is 412 g/mol. The number of fused-ring (bicyclic) bond motifs is 1. The Morgan fingerprint density at radius 1 is 0.903 bits per heavy atom. The van der Waals surface area contributed by atoms with Crippen molar-refractivity contribution in [2.75, 3.05) is 20.8 Å². The van der Waals surface area contributed by atoms with Crippen molar-refractivity contribution < 1.29 is 14.2 Å². The molecule has 4 rings (SSSR count). The van der Waals surface area contributed by atoms with E-state index in [9.17, 15) is 0 Å². The van der Waals surface area contributed by atoms with Crippen molar-refractivity contribution in [2.45, 2.75) is 20.4 Å². The van der Waals surface area contributed by atoms with Gasteiger partial charge in [0.15, 0.2) is 11.5 Å². The maximum atomic E-state index is 6.28. The number of aryl methyl sites for hydroxylation is 2. The molecule has 0 unspecified atom stereocenters. The second-order valence-electron chi connectivity index (χ2n) is 7.37. The van der Waals surface area contributed by atoms with Crippen molar-refractivity contribution in [3.63, 3.8) is 0 Å². The lowest BCUT2D eigenvalue weighted by molar-refractivity contribution is 0.300. The number of hydrogen-bond donors (Lipinski definition) is 0. The van der Waals surface area contributed by atoms with Gasteiger partial charge < -0.3 is 18.8 Å². The first kappa shape index (κ1) is 21.1. The Morgan fingerprint density at radius 3 is 2.32 bits per heavy atom. The fourth-order valence-corrected chi connectivity index (χ4v) is 3.85. The predicted molar refractivity (Wildman–Crippen MR) is 125 cm³/mol. The molecule has 0 radical (unpaired) electrons. The molecule has 0 atom stereocenters. The Balaban J connectivity index is 1.66. The monoisotopic (exact) mass is 436 g/mol. The number of nitrogens with zero attached hydrogens (tertiary/aromatic N) is 2. The maximum Gasteiger partial charge on any atom is 0.161 e. The summed E-state index contributed by atoms with van der Waals surface area (Å²) in [5.41, 5.74) is 4.96. The zero-order valence-electron chi connectivity index (χ0n) is 18.1. The highest BCUT2D eigenvalue weighted by atomic mass is 35.5. The van der Waals surface area contributed by atoms with Crippen molar-refractivity contribution >= 4 is 22.6 Å². The zero-order valence-corrected chi connectivity index (χ0v) is 18.9. The van der Waals surface area contributed by atoms with E-state index in [0.717, 1.165) is 44.3 Å². The SMILES string of the molecule is COc1ccc(-c2nc3ccccc3n2CCOc2cc(C)c(Cl)c(C)c2)cc1OC. The minimum atomic E-state index is 0.501. The molecule has 0 N–H and O–H groups in total. The summed E-state index contributed by atoms with van der Waals surface area (Å²) in [6.07, 6.45) is 0. The fourth-order valence-electron chi connectivity index (χ4n) is 3.74. The molecule has 0 saturated heterocycles. The molecular formula is C25H25ClN2O3. The predicted octanol–water partition coefficient (Wildman–Crippen LogP) is 6.07. The van der Waals surface area contributed by atoms with Gasteiger partial charge in [0.25, 0.3) is 0 Å². The Kier molecular flexibility index (Phi) is 6.05. The first-order valence-corrected chi connectivity index (χ1v) is 10.5.